The van der Waals surface area contributed by atoms with E-state index in [1.807, 2.05) is 36.2 Å². The van der Waals surface area contributed by atoms with Gasteiger partial charge in [-0.15, -0.1) is 0 Å². The molecule has 0 radical (unpaired) electrons. The van der Waals surface area contributed by atoms with Crippen molar-refractivity contribution in [1.82, 2.24) is 14.9 Å². The van der Waals surface area contributed by atoms with E-state index in [2.05, 4.69) is 15.0 Å². The number of para-hydroxylation sites is 1. The molecular formula is C19H26N4O3S. The summed E-state index contributed by atoms with van der Waals surface area (Å²) in [7, 11) is 1.74. The van der Waals surface area contributed by atoms with E-state index in [0.717, 1.165) is 11.3 Å². The lowest BCUT2D eigenvalue weighted by molar-refractivity contribution is 0.396. The molecule has 0 saturated heterocycles. The van der Waals surface area contributed by atoms with Gasteiger partial charge < -0.3 is 15.0 Å². The predicted octanol–water partition coefficient (Wildman–Crippen LogP) is 1.68. The maximum Gasteiger partial charge on any atom is 0.240 e. The number of sulfonamides is 1. The quantitative estimate of drug-likeness (QED) is 0.407. The topological polar surface area (TPSA) is 83.0 Å². The average Bonchev–Trinajstić information content (AvgIpc) is 2.69. The molecule has 27 heavy (non-hydrogen) atoms. The molecule has 0 aliphatic rings. The molecule has 0 aliphatic carbocycles. The van der Waals surface area contributed by atoms with Gasteiger partial charge >= 0.3 is 0 Å². The van der Waals surface area contributed by atoms with Crippen molar-refractivity contribution in [3.8, 4) is 5.75 Å². The molecule has 0 aliphatic heterocycles. The second-order valence-electron chi connectivity index (χ2n) is 5.85. The van der Waals surface area contributed by atoms with E-state index in [9.17, 15) is 8.42 Å². The van der Waals surface area contributed by atoms with Crippen LogP contribution in [0.25, 0.3) is 0 Å². The minimum Gasteiger partial charge on any atom is -0.496 e. The summed E-state index contributed by atoms with van der Waals surface area (Å²) in [5.74, 6) is 1.48. The molecule has 8 heteroatoms. The third kappa shape index (κ3) is 5.97. The van der Waals surface area contributed by atoms with Crippen molar-refractivity contribution in [2.45, 2.75) is 11.4 Å². The van der Waals surface area contributed by atoms with Gasteiger partial charge in [0.25, 0.3) is 0 Å². The summed E-state index contributed by atoms with van der Waals surface area (Å²) in [6.45, 7) is 1.27. The molecule has 2 aromatic rings. The number of ether oxygens (including phenoxy) is 1. The fourth-order valence-electron chi connectivity index (χ4n) is 2.59. The molecule has 0 fully saturated rings. The zero-order chi connectivity index (χ0) is 19.7. The van der Waals surface area contributed by atoms with Gasteiger partial charge in [0.1, 0.15) is 5.75 Å². The standard InChI is InChI=1S/C19H26N4O3S/c1-20-19(23(2)15-16-9-7-8-12-18(16)26-3)21-13-14-22-27(24,25)17-10-5-4-6-11-17/h4-12,22H,13-15H2,1-3H3,(H,20,21). The second kappa shape index (κ2) is 9.94. The van der Waals surface area contributed by atoms with Crippen LogP contribution in [-0.4, -0.2) is 53.6 Å². The first-order valence-electron chi connectivity index (χ1n) is 8.56. The van der Waals surface area contributed by atoms with Gasteiger partial charge in [-0.1, -0.05) is 36.4 Å². The van der Waals surface area contributed by atoms with Gasteiger partial charge in [-0.2, -0.15) is 0 Å². The van der Waals surface area contributed by atoms with Gasteiger partial charge in [0.05, 0.1) is 12.0 Å². The molecule has 0 aromatic heterocycles. The van der Waals surface area contributed by atoms with Crippen molar-refractivity contribution in [2.24, 2.45) is 4.99 Å². The molecular weight excluding hydrogens is 364 g/mol. The molecule has 7 nitrogen and oxygen atoms in total. The first-order valence-corrected chi connectivity index (χ1v) is 10.0. The van der Waals surface area contributed by atoms with Gasteiger partial charge in [-0.25, -0.2) is 13.1 Å². The highest BCUT2D eigenvalue weighted by Crippen LogP contribution is 2.18. The lowest BCUT2D eigenvalue weighted by Crippen LogP contribution is -2.42. The first-order chi connectivity index (χ1) is 13.0. The van der Waals surface area contributed by atoms with Gasteiger partial charge in [-0.05, 0) is 18.2 Å². The van der Waals surface area contributed by atoms with Crippen molar-refractivity contribution in [3.05, 3.63) is 60.2 Å². The second-order valence-corrected chi connectivity index (χ2v) is 7.62. The van der Waals surface area contributed by atoms with Crippen LogP contribution in [0.15, 0.2) is 64.5 Å². The molecule has 0 amide bonds. The molecule has 146 valence electrons. The number of hydrogen-bond acceptors (Lipinski definition) is 4. The largest absolute Gasteiger partial charge is 0.496 e. The zero-order valence-electron chi connectivity index (χ0n) is 15.8. The molecule has 0 unspecified atom stereocenters. The van der Waals surface area contributed by atoms with Crippen molar-refractivity contribution in [3.63, 3.8) is 0 Å². The summed E-state index contributed by atoms with van der Waals surface area (Å²) in [4.78, 5) is 6.45. The predicted molar refractivity (Wildman–Crippen MR) is 107 cm³/mol. The SMILES string of the molecule is CN=C(NCCNS(=O)(=O)c1ccccc1)N(C)Cc1ccccc1OC. The molecule has 2 rings (SSSR count). The van der Waals surface area contributed by atoms with Crippen molar-refractivity contribution in [2.75, 3.05) is 34.3 Å². The highest BCUT2D eigenvalue weighted by atomic mass is 32.2. The highest BCUT2D eigenvalue weighted by Gasteiger charge is 2.13. The van der Waals surface area contributed by atoms with Gasteiger partial charge in [0.2, 0.25) is 10.0 Å². The molecule has 2 aromatic carbocycles. The minimum absolute atomic E-state index is 0.249. The number of benzene rings is 2. The summed E-state index contributed by atoms with van der Waals surface area (Å²) >= 11 is 0. The van der Waals surface area contributed by atoms with Crippen LogP contribution in [0.1, 0.15) is 5.56 Å². The van der Waals surface area contributed by atoms with Crippen LogP contribution >= 0.6 is 0 Å². The summed E-state index contributed by atoms with van der Waals surface area (Å²) in [6, 6.07) is 16.1. The minimum atomic E-state index is -3.50. The van der Waals surface area contributed by atoms with E-state index in [-0.39, 0.29) is 11.4 Å². The molecule has 0 spiro atoms. The Morgan fingerprint density at radius 2 is 1.74 bits per heavy atom. The van der Waals surface area contributed by atoms with Crippen LogP contribution in [0.5, 0.6) is 5.75 Å². The number of aliphatic imine (C=N–C) groups is 1. The van der Waals surface area contributed by atoms with Crippen LogP contribution in [0, 0.1) is 0 Å². The maximum absolute atomic E-state index is 12.2. The zero-order valence-corrected chi connectivity index (χ0v) is 16.7. The normalized spacial score (nSPS) is 11.9. The first kappa shape index (κ1) is 20.7. The Kier molecular flexibility index (Phi) is 7.63. The maximum atomic E-state index is 12.2. The smallest absolute Gasteiger partial charge is 0.240 e. The Morgan fingerprint density at radius 1 is 1.07 bits per heavy atom. The average molecular weight is 391 g/mol. The number of methoxy groups -OCH3 is 1. The Labute approximate surface area is 161 Å². The molecule has 0 saturated carbocycles. The number of guanidine groups is 1. The van der Waals surface area contributed by atoms with Crippen LogP contribution in [0.4, 0.5) is 0 Å². The van der Waals surface area contributed by atoms with Gasteiger partial charge in [0.15, 0.2) is 5.96 Å². The van der Waals surface area contributed by atoms with Crippen molar-refractivity contribution >= 4 is 16.0 Å². The highest BCUT2D eigenvalue weighted by molar-refractivity contribution is 7.89. The Bertz CT molecular complexity index is 854. The molecule has 0 atom stereocenters. The lowest BCUT2D eigenvalue weighted by Gasteiger charge is -2.23. The van der Waals surface area contributed by atoms with E-state index >= 15 is 0 Å². The molecule has 0 heterocycles. The van der Waals surface area contributed by atoms with E-state index in [0.29, 0.717) is 19.0 Å². The lowest BCUT2D eigenvalue weighted by atomic mass is 10.2. The summed E-state index contributed by atoms with van der Waals surface area (Å²) in [6.07, 6.45) is 0. The number of nitrogens with zero attached hydrogens (tertiary/aromatic N) is 2. The Morgan fingerprint density at radius 3 is 2.41 bits per heavy atom. The summed E-state index contributed by atoms with van der Waals surface area (Å²) in [5, 5.41) is 3.16. The van der Waals surface area contributed by atoms with Crippen LogP contribution < -0.4 is 14.8 Å². The van der Waals surface area contributed by atoms with Crippen molar-refractivity contribution in [1.29, 1.82) is 0 Å². The summed E-state index contributed by atoms with van der Waals surface area (Å²) < 4.78 is 32.3. The fourth-order valence-corrected chi connectivity index (χ4v) is 3.64. The molecule has 2 N–H and O–H groups in total. The van der Waals surface area contributed by atoms with E-state index < -0.39 is 10.0 Å². The van der Waals surface area contributed by atoms with Crippen LogP contribution in [-0.2, 0) is 16.6 Å². The number of rotatable bonds is 8. The molecule has 0 bridgehead atoms. The fraction of sp³-hybridized carbons (Fsp3) is 0.316. The monoisotopic (exact) mass is 390 g/mol. The third-order valence-corrected chi connectivity index (χ3v) is 5.40. The van der Waals surface area contributed by atoms with Crippen LogP contribution in [0.2, 0.25) is 0 Å². The van der Waals surface area contributed by atoms with Gasteiger partial charge in [-0.3, -0.25) is 4.99 Å². The van der Waals surface area contributed by atoms with Crippen LogP contribution in [0.3, 0.4) is 0 Å². The van der Waals surface area contributed by atoms with Gasteiger partial charge in [0, 0.05) is 39.3 Å². The third-order valence-electron chi connectivity index (χ3n) is 3.93. The van der Waals surface area contributed by atoms with E-state index in [4.69, 9.17) is 4.74 Å². The number of nitrogens with one attached hydrogen (secondary N) is 2. The number of hydrogen-bond donors (Lipinski definition) is 2. The van der Waals surface area contributed by atoms with E-state index in [1.54, 1.807) is 44.5 Å². The van der Waals surface area contributed by atoms with E-state index in [1.165, 1.54) is 0 Å². The van der Waals surface area contributed by atoms with Crippen molar-refractivity contribution < 1.29 is 13.2 Å². The Balaban J connectivity index is 1.86. The Hall–Kier alpha value is -2.58. The summed E-state index contributed by atoms with van der Waals surface area (Å²) in [5.41, 5.74) is 1.04.